The molecule has 0 aliphatic carbocycles. The lowest BCUT2D eigenvalue weighted by atomic mass is 10.0. The van der Waals surface area contributed by atoms with E-state index in [1.54, 1.807) is 60.7 Å². The van der Waals surface area contributed by atoms with Gasteiger partial charge in [-0.05, 0) is 36.4 Å². The number of esters is 2. The van der Waals surface area contributed by atoms with Gasteiger partial charge in [0.1, 0.15) is 11.5 Å². The van der Waals surface area contributed by atoms with Crippen LogP contribution < -0.4 is 9.47 Å². The standard InChI is InChI=1S/C21H14O6/c22-19(23)18-16(20(24)26-14-8-3-1-4-9-14)12-7-13-17(18)21(25)27-15-10-5-2-6-11-15/h1-13H,(H,22,23). The lowest BCUT2D eigenvalue weighted by Gasteiger charge is -2.11. The lowest BCUT2D eigenvalue weighted by Crippen LogP contribution is -2.20. The predicted octanol–water partition coefficient (Wildman–Crippen LogP) is 3.82. The molecule has 0 fully saturated rings. The lowest BCUT2D eigenvalue weighted by molar-refractivity contribution is 0.0650. The van der Waals surface area contributed by atoms with Crippen molar-refractivity contribution in [2.24, 2.45) is 0 Å². The van der Waals surface area contributed by atoms with Crippen molar-refractivity contribution in [2.45, 2.75) is 0 Å². The Morgan fingerprint density at radius 1 is 0.593 bits per heavy atom. The molecular formula is C21H14O6. The first-order valence-corrected chi connectivity index (χ1v) is 7.97. The average Bonchev–Trinajstić information content (AvgIpc) is 2.68. The van der Waals surface area contributed by atoms with Gasteiger partial charge in [-0.25, -0.2) is 14.4 Å². The summed E-state index contributed by atoms with van der Waals surface area (Å²) in [5.74, 6) is -2.68. The molecular weight excluding hydrogens is 348 g/mol. The van der Waals surface area contributed by atoms with Crippen LogP contribution >= 0.6 is 0 Å². The van der Waals surface area contributed by atoms with Crippen molar-refractivity contribution in [3.05, 3.63) is 95.6 Å². The van der Waals surface area contributed by atoms with Crippen LogP contribution in [-0.2, 0) is 0 Å². The molecule has 6 heteroatoms. The molecule has 3 rings (SSSR count). The largest absolute Gasteiger partial charge is 0.478 e. The molecule has 3 aromatic rings. The Bertz CT molecular complexity index is 908. The van der Waals surface area contributed by atoms with E-state index in [4.69, 9.17) is 9.47 Å². The van der Waals surface area contributed by atoms with Gasteiger partial charge in [-0.15, -0.1) is 0 Å². The number of hydrogen-bond donors (Lipinski definition) is 1. The van der Waals surface area contributed by atoms with Gasteiger partial charge in [0.25, 0.3) is 0 Å². The van der Waals surface area contributed by atoms with E-state index < -0.39 is 23.5 Å². The normalized spacial score (nSPS) is 10.1. The molecule has 134 valence electrons. The highest BCUT2D eigenvalue weighted by molar-refractivity contribution is 6.10. The van der Waals surface area contributed by atoms with Crippen molar-refractivity contribution in [1.82, 2.24) is 0 Å². The Morgan fingerprint density at radius 3 is 1.37 bits per heavy atom. The molecule has 6 nitrogen and oxygen atoms in total. The Balaban J connectivity index is 1.94. The van der Waals surface area contributed by atoms with Crippen molar-refractivity contribution in [3.8, 4) is 11.5 Å². The minimum atomic E-state index is -1.43. The van der Waals surface area contributed by atoms with Gasteiger partial charge >= 0.3 is 17.9 Å². The fourth-order valence-corrected chi connectivity index (χ4v) is 2.42. The minimum absolute atomic E-state index is 0.242. The first kappa shape index (κ1) is 17.9. The average molecular weight is 362 g/mol. The molecule has 0 unspecified atom stereocenters. The van der Waals surface area contributed by atoms with Crippen molar-refractivity contribution < 1.29 is 29.0 Å². The molecule has 0 saturated carbocycles. The monoisotopic (exact) mass is 362 g/mol. The highest BCUT2D eigenvalue weighted by Crippen LogP contribution is 2.21. The van der Waals surface area contributed by atoms with Crippen LogP contribution in [0.1, 0.15) is 31.1 Å². The summed E-state index contributed by atoms with van der Waals surface area (Å²) in [6, 6.07) is 20.4. The molecule has 0 amide bonds. The summed E-state index contributed by atoms with van der Waals surface area (Å²) < 4.78 is 10.4. The number of carbonyl (C=O) groups excluding carboxylic acids is 2. The van der Waals surface area contributed by atoms with Gasteiger partial charge in [-0.3, -0.25) is 0 Å². The summed E-state index contributed by atoms with van der Waals surface area (Å²) in [6.07, 6.45) is 0. The summed E-state index contributed by atoms with van der Waals surface area (Å²) in [4.78, 5) is 36.6. The number of para-hydroxylation sites is 2. The van der Waals surface area contributed by atoms with Gasteiger partial charge in [0.15, 0.2) is 0 Å². The molecule has 0 spiro atoms. The minimum Gasteiger partial charge on any atom is -0.478 e. The smallest absolute Gasteiger partial charge is 0.344 e. The zero-order chi connectivity index (χ0) is 19.2. The van der Waals surface area contributed by atoms with Crippen LogP contribution in [0.4, 0.5) is 0 Å². The first-order valence-electron chi connectivity index (χ1n) is 7.97. The summed E-state index contributed by atoms with van der Waals surface area (Å²) in [5, 5.41) is 9.56. The molecule has 3 aromatic carbocycles. The van der Waals surface area contributed by atoms with Crippen LogP contribution in [0.2, 0.25) is 0 Å². The highest BCUT2D eigenvalue weighted by atomic mass is 16.5. The highest BCUT2D eigenvalue weighted by Gasteiger charge is 2.26. The van der Waals surface area contributed by atoms with E-state index in [0.717, 1.165) is 0 Å². The molecule has 0 atom stereocenters. The van der Waals surface area contributed by atoms with Gasteiger partial charge in [0, 0.05) is 0 Å². The van der Waals surface area contributed by atoms with E-state index in [9.17, 15) is 19.5 Å². The van der Waals surface area contributed by atoms with Gasteiger partial charge in [0.2, 0.25) is 0 Å². The SMILES string of the molecule is O=C(Oc1ccccc1)c1cccc(C(=O)Oc2ccccc2)c1C(=O)O. The molecule has 0 aromatic heterocycles. The summed E-state index contributed by atoms with van der Waals surface area (Å²) in [7, 11) is 0. The molecule has 27 heavy (non-hydrogen) atoms. The van der Waals surface area contributed by atoms with Gasteiger partial charge in [0.05, 0.1) is 16.7 Å². The van der Waals surface area contributed by atoms with Crippen LogP contribution in [0, 0.1) is 0 Å². The van der Waals surface area contributed by atoms with E-state index in [1.807, 2.05) is 0 Å². The molecule has 0 saturated heterocycles. The number of carboxylic acid groups (broad SMARTS) is 1. The molecule has 0 aliphatic heterocycles. The zero-order valence-corrected chi connectivity index (χ0v) is 14.0. The number of benzene rings is 3. The van der Waals surface area contributed by atoms with Crippen molar-refractivity contribution in [1.29, 1.82) is 0 Å². The zero-order valence-electron chi connectivity index (χ0n) is 14.0. The van der Waals surface area contributed by atoms with Crippen LogP contribution in [0.15, 0.2) is 78.9 Å². The van der Waals surface area contributed by atoms with Gasteiger partial charge in [-0.2, -0.15) is 0 Å². The molecule has 0 heterocycles. The fraction of sp³-hybridized carbons (Fsp3) is 0. The van der Waals surface area contributed by atoms with Crippen LogP contribution in [-0.4, -0.2) is 23.0 Å². The number of rotatable bonds is 5. The maximum Gasteiger partial charge on any atom is 0.344 e. The van der Waals surface area contributed by atoms with Crippen molar-refractivity contribution in [3.63, 3.8) is 0 Å². The fourth-order valence-electron chi connectivity index (χ4n) is 2.42. The first-order chi connectivity index (χ1) is 13.1. The Morgan fingerprint density at radius 2 is 1.00 bits per heavy atom. The Hall–Kier alpha value is -3.93. The van der Waals surface area contributed by atoms with E-state index in [1.165, 1.54) is 18.2 Å². The van der Waals surface area contributed by atoms with Crippen LogP contribution in [0.25, 0.3) is 0 Å². The summed E-state index contributed by atoms with van der Waals surface area (Å²) in [5.41, 5.74) is -0.956. The molecule has 0 radical (unpaired) electrons. The molecule has 1 N–H and O–H groups in total. The summed E-state index contributed by atoms with van der Waals surface area (Å²) in [6.45, 7) is 0. The third-order valence-electron chi connectivity index (χ3n) is 3.63. The van der Waals surface area contributed by atoms with Gasteiger partial charge in [-0.1, -0.05) is 42.5 Å². The van der Waals surface area contributed by atoms with E-state index in [0.29, 0.717) is 0 Å². The maximum atomic E-state index is 12.4. The molecule has 0 aliphatic rings. The Kier molecular flexibility index (Phi) is 5.28. The second kappa shape index (κ2) is 7.97. The number of carbonyl (C=O) groups is 3. The Labute approximate surface area is 154 Å². The number of hydrogen-bond acceptors (Lipinski definition) is 5. The third-order valence-corrected chi connectivity index (χ3v) is 3.63. The predicted molar refractivity (Wildman–Crippen MR) is 96.2 cm³/mol. The van der Waals surface area contributed by atoms with Gasteiger partial charge < -0.3 is 14.6 Å². The van der Waals surface area contributed by atoms with E-state index >= 15 is 0 Å². The summed E-state index contributed by atoms with van der Waals surface area (Å²) >= 11 is 0. The van der Waals surface area contributed by atoms with E-state index in [2.05, 4.69) is 0 Å². The van der Waals surface area contributed by atoms with Crippen LogP contribution in [0.3, 0.4) is 0 Å². The maximum absolute atomic E-state index is 12.4. The molecule has 0 bridgehead atoms. The number of ether oxygens (including phenoxy) is 2. The topological polar surface area (TPSA) is 89.9 Å². The number of carboxylic acids is 1. The van der Waals surface area contributed by atoms with Crippen molar-refractivity contribution in [2.75, 3.05) is 0 Å². The second-order valence-electron chi connectivity index (χ2n) is 5.44. The van der Waals surface area contributed by atoms with Crippen molar-refractivity contribution >= 4 is 17.9 Å². The van der Waals surface area contributed by atoms with E-state index in [-0.39, 0.29) is 22.6 Å². The van der Waals surface area contributed by atoms with Crippen LogP contribution in [0.5, 0.6) is 11.5 Å². The second-order valence-corrected chi connectivity index (χ2v) is 5.44. The number of aromatic carboxylic acids is 1. The third kappa shape index (κ3) is 4.19. The quantitative estimate of drug-likeness (QED) is 0.548.